The summed E-state index contributed by atoms with van der Waals surface area (Å²) in [6, 6.07) is 0. The molecule has 1 fully saturated rings. The van der Waals surface area contributed by atoms with E-state index in [1.807, 2.05) is 7.05 Å². The highest BCUT2D eigenvalue weighted by atomic mass is 79.9. The largest absolute Gasteiger partial charge is 0.319 e. The summed E-state index contributed by atoms with van der Waals surface area (Å²) >= 11 is 3.56. The number of hydrogen-bond acceptors (Lipinski definition) is 3. The van der Waals surface area contributed by atoms with Crippen molar-refractivity contribution in [3.63, 3.8) is 0 Å². The summed E-state index contributed by atoms with van der Waals surface area (Å²) in [6.45, 7) is 2.06. The van der Waals surface area contributed by atoms with Gasteiger partial charge < -0.3 is 5.73 Å². The number of aromatic nitrogens is 2. The lowest BCUT2D eigenvalue weighted by molar-refractivity contribution is -0.124. The van der Waals surface area contributed by atoms with E-state index in [1.165, 1.54) is 6.42 Å². The van der Waals surface area contributed by atoms with Crippen molar-refractivity contribution in [3.05, 3.63) is 15.9 Å². The highest BCUT2D eigenvalue weighted by Crippen LogP contribution is 2.29. The summed E-state index contributed by atoms with van der Waals surface area (Å²) in [6.07, 6.45) is 6.20. The molecule has 0 radical (unpaired) electrons. The van der Waals surface area contributed by atoms with Crippen LogP contribution in [-0.4, -0.2) is 21.1 Å². The van der Waals surface area contributed by atoms with E-state index in [-0.39, 0.29) is 5.78 Å². The van der Waals surface area contributed by atoms with Gasteiger partial charge in [-0.3, -0.25) is 9.48 Å². The average molecular weight is 328 g/mol. The zero-order valence-electron chi connectivity index (χ0n) is 11.7. The van der Waals surface area contributed by atoms with Crippen molar-refractivity contribution in [2.45, 2.75) is 57.4 Å². The standard InChI is InChI=1S/C14H22BrN3O/c1-3-10-13(15)11(18(2)17-10)9-12(19)14(16)7-5-4-6-8-14/h3-9,16H2,1-2H3. The van der Waals surface area contributed by atoms with Crippen LogP contribution in [0.2, 0.25) is 0 Å². The smallest absolute Gasteiger partial charge is 0.158 e. The molecule has 0 amide bonds. The van der Waals surface area contributed by atoms with Gasteiger partial charge in [0.25, 0.3) is 0 Å². The van der Waals surface area contributed by atoms with E-state index >= 15 is 0 Å². The second kappa shape index (κ2) is 5.75. The Morgan fingerprint density at radius 2 is 2.05 bits per heavy atom. The van der Waals surface area contributed by atoms with E-state index in [0.717, 1.165) is 48.0 Å². The molecule has 1 aliphatic carbocycles. The first-order valence-corrected chi connectivity index (χ1v) is 7.79. The van der Waals surface area contributed by atoms with Crippen molar-refractivity contribution in [1.82, 2.24) is 9.78 Å². The molecule has 0 aromatic carbocycles. The van der Waals surface area contributed by atoms with Gasteiger partial charge in [0.05, 0.1) is 27.8 Å². The first kappa shape index (κ1) is 14.7. The molecule has 5 heteroatoms. The molecule has 2 N–H and O–H groups in total. The molecular weight excluding hydrogens is 306 g/mol. The van der Waals surface area contributed by atoms with E-state index in [4.69, 9.17) is 5.73 Å². The molecule has 0 aliphatic heterocycles. The number of nitrogens with zero attached hydrogens (tertiary/aromatic N) is 2. The molecule has 19 heavy (non-hydrogen) atoms. The molecule has 0 unspecified atom stereocenters. The van der Waals surface area contributed by atoms with Crippen LogP contribution >= 0.6 is 15.9 Å². The van der Waals surface area contributed by atoms with Crippen molar-refractivity contribution in [2.24, 2.45) is 12.8 Å². The lowest BCUT2D eigenvalue weighted by atomic mass is 9.78. The zero-order valence-corrected chi connectivity index (χ0v) is 13.3. The minimum atomic E-state index is -0.617. The molecule has 1 aromatic heterocycles. The van der Waals surface area contributed by atoms with Crippen molar-refractivity contribution in [1.29, 1.82) is 0 Å². The van der Waals surface area contributed by atoms with Crippen molar-refractivity contribution in [2.75, 3.05) is 0 Å². The Bertz CT molecular complexity index is 475. The first-order chi connectivity index (χ1) is 8.98. The quantitative estimate of drug-likeness (QED) is 0.924. The highest BCUT2D eigenvalue weighted by Gasteiger charge is 2.35. The number of Topliss-reactive ketones (excluding diaryl/α,β-unsaturated/α-hetero) is 1. The second-order valence-corrected chi connectivity index (χ2v) is 6.29. The summed E-state index contributed by atoms with van der Waals surface area (Å²) < 4.78 is 2.76. The maximum Gasteiger partial charge on any atom is 0.158 e. The summed E-state index contributed by atoms with van der Waals surface area (Å²) in [7, 11) is 1.89. The number of aryl methyl sites for hydroxylation is 2. The molecule has 4 nitrogen and oxygen atoms in total. The van der Waals surface area contributed by atoms with Gasteiger partial charge in [-0.05, 0) is 35.2 Å². The van der Waals surface area contributed by atoms with E-state index in [1.54, 1.807) is 4.68 Å². The second-order valence-electron chi connectivity index (χ2n) is 5.50. The minimum Gasteiger partial charge on any atom is -0.319 e. The lowest BCUT2D eigenvalue weighted by Gasteiger charge is -2.31. The third kappa shape index (κ3) is 2.92. The number of ketones is 1. The van der Waals surface area contributed by atoms with Gasteiger partial charge in [-0.15, -0.1) is 0 Å². The lowest BCUT2D eigenvalue weighted by Crippen LogP contribution is -2.50. The maximum atomic E-state index is 12.5. The van der Waals surface area contributed by atoms with Gasteiger partial charge in [0, 0.05) is 7.05 Å². The Labute approximate surface area is 122 Å². The van der Waals surface area contributed by atoms with Gasteiger partial charge in [0.1, 0.15) is 0 Å². The van der Waals surface area contributed by atoms with Crippen molar-refractivity contribution < 1.29 is 4.79 Å². The summed E-state index contributed by atoms with van der Waals surface area (Å²) in [5.41, 5.74) is 7.62. The topological polar surface area (TPSA) is 60.9 Å². The molecule has 0 bridgehead atoms. The molecule has 1 aliphatic rings. The third-order valence-corrected chi connectivity index (χ3v) is 5.05. The van der Waals surface area contributed by atoms with E-state index < -0.39 is 5.54 Å². The molecular formula is C14H22BrN3O. The number of carbonyl (C=O) groups is 1. The van der Waals surface area contributed by atoms with Crippen molar-refractivity contribution >= 4 is 21.7 Å². The molecule has 0 atom stereocenters. The SMILES string of the molecule is CCc1nn(C)c(CC(=O)C2(N)CCCCC2)c1Br. The fraction of sp³-hybridized carbons (Fsp3) is 0.714. The van der Waals surface area contributed by atoms with Gasteiger partial charge in [0.15, 0.2) is 5.78 Å². The Balaban J connectivity index is 2.16. The van der Waals surface area contributed by atoms with Crippen LogP contribution in [0, 0.1) is 0 Å². The summed E-state index contributed by atoms with van der Waals surface area (Å²) in [4.78, 5) is 12.5. The predicted octanol–water partition coefficient (Wildman–Crippen LogP) is 2.52. The maximum absolute atomic E-state index is 12.5. The normalized spacial score (nSPS) is 18.5. The van der Waals surface area contributed by atoms with Crippen LogP contribution in [0.1, 0.15) is 50.4 Å². The summed E-state index contributed by atoms with van der Waals surface area (Å²) in [5.74, 6) is 0.151. The van der Waals surface area contributed by atoms with Crippen LogP contribution < -0.4 is 5.73 Å². The fourth-order valence-electron chi connectivity index (χ4n) is 2.80. The van der Waals surface area contributed by atoms with Gasteiger partial charge in [0.2, 0.25) is 0 Å². The monoisotopic (exact) mass is 327 g/mol. The Kier molecular flexibility index (Phi) is 4.46. The zero-order chi connectivity index (χ0) is 14.0. The average Bonchev–Trinajstić information content (AvgIpc) is 2.67. The van der Waals surface area contributed by atoms with Gasteiger partial charge in [-0.25, -0.2) is 0 Å². The van der Waals surface area contributed by atoms with Crippen LogP contribution in [0.3, 0.4) is 0 Å². The Hall–Kier alpha value is -0.680. The fourth-order valence-corrected chi connectivity index (χ4v) is 3.56. The number of carbonyl (C=O) groups excluding carboxylic acids is 1. The minimum absolute atomic E-state index is 0.151. The number of rotatable bonds is 4. The molecule has 2 rings (SSSR count). The molecule has 1 heterocycles. The van der Waals surface area contributed by atoms with E-state index in [2.05, 4.69) is 28.0 Å². The van der Waals surface area contributed by atoms with E-state index in [0.29, 0.717) is 6.42 Å². The first-order valence-electron chi connectivity index (χ1n) is 7.00. The molecule has 1 saturated carbocycles. The summed E-state index contributed by atoms with van der Waals surface area (Å²) in [5, 5.41) is 4.43. The molecule has 0 spiro atoms. The van der Waals surface area contributed by atoms with Crippen LogP contribution in [-0.2, 0) is 24.7 Å². The number of nitrogens with two attached hydrogens (primary N) is 1. The number of halogens is 1. The molecule has 1 aromatic rings. The highest BCUT2D eigenvalue weighted by molar-refractivity contribution is 9.10. The predicted molar refractivity (Wildman–Crippen MR) is 79.0 cm³/mol. The van der Waals surface area contributed by atoms with Gasteiger partial charge in [-0.1, -0.05) is 26.2 Å². The molecule has 106 valence electrons. The Morgan fingerprint density at radius 3 is 2.58 bits per heavy atom. The third-order valence-electron chi connectivity index (χ3n) is 4.13. The van der Waals surface area contributed by atoms with Crippen LogP contribution in [0.15, 0.2) is 4.47 Å². The van der Waals surface area contributed by atoms with Crippen molar-refractivity contribution in [3.8, 4) is 0 Å². The van der Waals surface area contributed by atoms with Gasteiger partial charge in [-0.2, -0.15) is 5.10 Å². The van der Waals surface area contributed by atoms with Crippen LogP contribution in [0.5, 0.6) is 0 Å². The van der Waals surface area contributed by atoms with Crippen LogP contribution in [0.4, 0.5) is 0 Å². The van der Waals surface area contributed by atoms with Gasteiger partial charge >= 0.3 is 0 Å². The molecule has 0 saturated heterocycles. The van der Waals surface area contributed by atoms with Crippen LogP contribution in [0.25, 0.3) is 0 Å². The number of hydrogen-bond donors (Lipinski definition) is 1. The van der Waals surface area contributed by atoms with E-state index in [9.17, 15) is 4.79 Å². The Morgan fingerprint density at radius 1 is 1.42 bits per heavy atom.